The van der Waals surface area contributed by atoms with E-state index in [1.54, 1.807) is 7.11 Å². The van der Waals surface area contributed by atoms with Crippen LogP contribution < -0.4 is 5.32 Å². The second kappa shape index (κ2) is 4.89. The van der Waals surface area contributed by atoms with Gasteiger partial charge in [-0.25, -0.2) is 8.78 Å². The maximum atomic E-state index is 13.5. The highest BCUT2D eigenvalue weighted by Crippen LogP contribution is 2.42. The molecule has 1 fully saturated rings. The fourth-order valence-corrected chi connectivity index (χ4v) is 2.45. The molecule has 0 aliphatic heterocycles. The number of ether oxygens (including phenoxy) is 1. The zero-order chi connectivity index (χ0) is 14.2. The maximum absolute atomic E-state index is 13.5. The summed E-state index contributed by atoms with van der Waals surface area (Å²) in [6.45, 7) is 3.94. The van der Waals surface area contributed by atoms with Crippen molar-refractivity contribution in [2.75, 3.05) is 7.11 Å². The van der Waals surface area contributed by atoms with Crippen LogP contribution in [0.2, 0.25) is 0 Å². The van der Waals surface area contributed by atoms with Gasteiger partial charge < -0.3 is 10.1 Å². The van der Waals surface area contributed by atoms with Gasteiger partial charge in [-0.05, 0) is 18.6 Å². The van der Waals surface area contributed by atoms with E-state index in [1.807, 2.05) is 13.8 Å². The minimum absolute atomic E-state index is 0.0650. The first-order valence-electron chi connectivity index (χ1n) is 6.15. The number of methoxy groups -OCH3 is 1. The van der Waals surface area contributed by atoms with Gasteiger partial charge in [0.2, 0.25) is 0 Å². The summed E-state index contributed by atoms with van der Waals surface area (Å²) < 4.78 is 31.8. The molecular formula is C14H17F2NO2. The Kier molecular flexibility index (Phi) is 3.58. The van der Waals surface area contributed by atoms with Gasteiger partial charge in [-0.15, -0.1) is 0 Å². The topological polar surface area (TPSA) is 38.3 Å². The van der Waals surface area contributed by atoms with E-state index >= 15 is 0 Å². The molecule has 1 aromatic rings. The van der Waals surface area contributed by atoms with Crippen LogP contribution in [0.5, 0.6) is 0 Å². The third kappa shape index (κ3) is 2.34. The normalized spacial score (nSPS) is 24.7. The molecule has 1 amide bonds. The van der Waals surface area contributed by atoms with Gasteiger partial charge in [0, 0.05) is 18.6 Å². The van der Waals surface area contributed by atoms with Gasteiger partial charge in [0.05, 0.1) is 11.7 Å². The summed E-state index contributed by atoms with van der Waals surface area (Å²) in [4.78, 5) is 11.9. The zero-order valence-electron chi connectivity index (χ0n) is 11.2. The number of carbonyl (C=O) groups is 1. The predicted octanol–water partition coefficient (Wildman–Crippen LogP) is 2.51. The van der Waals surface area contributed by atoms with Gasteiger partial charge in [-0.2, -0.15) is 0 Å². The second-order valence-electron chi connectivity index (χ2n) is 5.41. The molecule has 0 heterocycles. The van der Waals surface area contributed by atoms with Gasteiger partial charge in [-0.1, -0.05) is 19.9 Å². The van der Waals surface area contributed by atoms with Crippen LogP contribution in [-0.4, -0.2) is 25.2 Å². The van der Waals surface area contributed by atoms with Crippen molar-refractivity contribution in [3.63, 3.8) is 0 Å². The zero-order valence-corrected chi connectivity index (χ0v) is 11.2. The lowest BCUT2D eigenvalue weighted by molar-refractivity contribution is -0.0942. The highest BCUT2D eigenvalue weighted by molar-refractivity contribution is 5.94. The van der Waals surface area contributed by atoms with Crippen molar-refractivity contribution < 1.29 is 18.3 Å². The summed E-state index contributed by atoms with van der Waals surface area (Å²) in [7, 11) is 1.62. The first-order chi connectivity index (χ1) is 8.87. The smallest absolute Gasteiger partial charge is 0.254 e. The van der Waals surface area contributed by atoms with Crippen LogP contribution in [-0.2, 0) is 4.74 Å². The molecule has 3 nitrogen and oxygen atoms in total. The SMILES string of the molecule is COC1CC(NC(=O)c2cccc(F)c2F)C1(C)C. The monoisotopic (exact) mass is 269 g/mol. The first-order valence-corrected chi connectivity index (χ1v) is 6.15. The van der Waals surface area contributed by atoms with E-state index in [1.165, 1.54) is 12.1 Å². The number of hydrogen-bond donors (Lipinski definition) is 1. The Morgan fingerprint density at radius 2 is 2.11 bits per heavy atom. The summed E-state index contributed by atoms with van der Waals surface area (Å²) in [5.74, 6) is -2.72. The quantitative estimate of drug-likeness (QED) is 0.915. The van der Waals surface area contributed by atoms with Crippen LogP contribution >= 0.6 is 0 Å². The molecule has 1 aliphatic rings. The Morgan fingerprint density at radius 1 is 1.42 bits per heavy atom. The summed E-state index contributed by atoms with van der Waals surface area (Å²) >= 11 is 0. The van der Waals surface area contributed by atoms with Crippen molar-refractivity contribution >= 4 is 5.91 Å². The molecule has 0 aromatic heterocycles. The van der Waals surface area contributed by atoms with E-state index in [0.717, 1.165) is 6.07 Å². The van der Waals surface area contributed by atoms with Crippen molar-refractivity contribution in [3.8, 4) is 0 Å². The number of nitrogens with one attached hydrogen (secondary N) is 1. The third-order valence-corrected chi connectivity index (χ3v) is 3.96. The Labute approximate surface area is 111 Å². The molecule has 1 N–H and O–H groups in total. The van der Waals surface area contributed by atoms with E-state index in [4.69, 9.17) is 4.74 Å². The Morgan fingerprint density at radius 3 is 2.68 bits per heavy atom. The fraction of sp³-hybridized carbons (Fsp3) is 0.500. The molecule has 104 valence electrons. The number of rotatable bonds is 3. The average Bonchev–Trinajstić information content (AvgIpc) is 2.37. The van der Waals surface area contributed by atoms with Crippen LogP contribution in [0.4, 0.5) is 8.78 Å². The maximum Gasteiger partial charge on any atom is 0.254 e. The molecule has 2 rings (SSSR count). The molecule has 1 aromatic carbocycles. The molecule has 19 heavy (non-hydrogen) atoms. The Bertz CT molecular complexity index is 502. The average molecular weight is 269 g/mol. The van der Waals surface area contributed by atoms with Crippen molar-refractivity contribution in [1.29, 1.82) is 0 Å². The lowest BCUT2D eigenvalue weighted by Crippen LogP contribution is -2.61. The minimum atomic E-state index is -1.11. The molecule has 0 spiro atoms. The van der Waals surface area contributed by atoms with Crippen molar-refractivity contribution in [2.24, 2.45) is 5.41 Å². The lowest BCUT2D eigenvalue weighted by atomic mass is 9.64. The highest BCUT2D eigenvalue weighted by Gasteiger charge is 2.49. The molecule has 1 saturated carbocycles. The summed E-state index contributed by atoms with van der Waals surface area (Å²) in [6.07, 6.45) is 0.738. The number of carbonyl (C=O) groups excluding carboxylic acids is 1. The van der Waals surface area contributed by atoms with E-state index in [0.29, 0.717) is 6.42 Å². The van der Waals surface area contributed by atoms with Crippen LogP contribution in [0.1, 0.15) is 30.6 Å². The van der Waals surface area contributed by atoms with Gasteiger partial charge in [0.1, 0.15) is 0 Å². The van der Waals surface area contributed by atoms with Gasteiger partial charge in [0.15, 0.2) is 11.6 Å². The van der Waals surface area contributed by atoms with Gasteiger partial charge >= 0.3 is 0 Å². The number of hydrogen-bond acceptors (Lipinski definition) is 2. The largest absolute Gasteiger partial charge is 0.381 e. The molecule has 0 bridgehead atoms. The van der Waals surface area contributed by atoms with Crippen molar-refractivity contribution in [1.82, 2.24) is 5.32 Å². The summed E-state index contributed by atoms with van der Waals surface area (Å²) in [5, 5.41) is 2.73. The molecule has 5 heteroatoms. The molecule has 2 unspecified atom stereocenters. The lowest BCUT2D eigenvalue weighted by Gasteiger charge is -2.51. The van der Waals surface area contributed by atoms with Crippen LogP contribution in [0, 0.1) is 17.0 Å². The Balaban J connectivity index is 2.09. The molecule has 0 saturated heterocycles. The fourth-order valence-electron chi connectivity index (χ4n) is 2.45. The van der Waals surface area contributed by atoms with Crippen molar-refractivity contribution in [3.05, 3.63) is 35.4 Å². The predicted molar refractivity (Wildman–Crippen MR) is 66.8 cm³/mol. The van der Waals surface area contributed by atoms with E-state index in [2.05, 4.69) is 5.32 Å². The molecular weight excluding hydrogens is 252 g/mol. The van der Waals surface area contributed by atoms with Gasteiger partial charge in [0.25, 0.3) is 5.91 Å². The van der Waals surface area contributed by atoms with E-state index in [-0.39, 0.29) is 23.1 Å². The van der Waals surface area contributed by atoms with Crippen LogP contribution in [0.25, 0.3) is 0 Å². The summed E-state index contributed by atoms with van der Waals surface area (Å²) in [6, 6.07) is 3.47. The van der Waals surface area contributed by atoms with Crippen molar-refractivity contribution in [2.45, 2.75) is 32.4 Å². The highest BCUT2D eigenvalue weighted by atomic mass is 19.2. The second-order valence-corrected chi connectivity index (χ2v) is 5.41. The molecule has 1 aliphatic carbocycles. The number of benzene rings is 1. The number of amides is 1. The minimum Gasteiger partial charge on any atom is -0.381 e. The summed E-state index contributed by atoms with van der Waals surface area (Å²) in [5.41, 5.74) is -0.481. The first kappa shape index (κ1) is 13.9. The molecule has 2 atom stereocenters. The Hall–Kier alpha value is -1.49. The van der Waals surface area contributed by atoms with E-state index in [9.17, 15) is 13.6 Å². The van der Waals surface area contributed by atoms with E-state index < -0.39 is 17.5 Å². The number of halogens is 2. The van der Waals surface area contributed by atoms with Gasteiger partial charge in [-0.3, -0.25) is 4.79 Å². The standard InChI is InChI=1S/C14H17F2NO2/c1-14(2)10(7-11(14)19-3)17-13(18)8-5-4-6-9(15)12(8)16/h4-6,10-11H,7H2,1-3H3,(H,17,18). The molecule has 0 radical (unpaired) electrons. The third-order valence-electron chi connectivity index (χ3n) is 3.96. The van der Waals surface area contributed by atoms with Crippen LogP contribution in [0.3, 0.4) is 0 Å². The van der Waals surface area contributed by atoms with Crippen LogP contribution in [0.15, 0.2) is 18.2 Å².